The second kappa shape index (κ2) is 33.4. The van der Waals surface area contributed by atoms with Crippen LogP contribution in [0.4, 0.5) is 0 Å². The van der Waals surface area contributed by atoms with Gasteiger partial charge in [0.2, 0.25) is 65.0 Å². The van der Waals surface area contributed by atoms with Crippen LogP contribution in [0.3, 0.4) is 0 Å². The molecule has 2 bridgehead atoms. The Balaban J connectivity index is 2.62. The number of rotatable bonds is 26. The number of aliphatic imine (C=N–C) groups is 1. The first-order chi connectivity index (χ1) is 35.9. The molecule has 0 fully saturated rings. The van der Waals surface area contributed by atoms with Crippen molar-refractivity contribution in [3.05, 3.63) is 11.9 Å². The second-order valence-electron chi connectivity index (χ2n) is 19.0. The molecule has 1 aliphatic heterocycles. The van der Waals surface area contributed by atoms with E-state index in [4.69, 9.17) is 28.7 Å². The van der Waals surface area contributed by atoms with E-state index in [9.17, 15) is 57.8 Å². The van der Waals surface area contributed by atoms with Crippen LogP contribution >= 0.6 is 0 Å². The summed E-state index contributed by atoms with van der Waals surface area (Å²) in [4.78, 5) is 151. The largest absolute Gasteiger partial charge is 0.394 e. The Morgan fingerprint density at radius 1 is 0.829 bits per heavy atom. The number of carbonyl (C=O) groups excluding carboxylic acids is 11. The smallest absolute Gasteiger partial charge is 0.245 e. The molecule has 76 heavy (non-hydrogen) atoms. The fraction of sp³-hybridized carbons (Fsp3) is 0.696. The highest BCUT2D eigenvalue weighted by Gasteiger charge is 2.36. The van der Waals surface area contributed by atoms with Gasteiger partial charge in [-0.15, -0.1) is 5.10 Å². The van der Waals surface area contributed by atoms with Gasteiger partial charge in [-0.1, -0.05) is 39.3 Å². The predicted molar refractivity (Wildman–Crippen MR) is 274 cm³/mol. The summed E-state index contributed by atoms with van der Waals surface area (Å²) in [5, 5.41) is 41.4. The van der Waals surface area contributed by atoms with Gasteiger partial charge in [0.1, 0.15) is 48.3 Å². The molecule has 0 aromatic carbocycles. The molecule has 426 valence electrons. The molecule has 9 atom stereocenters. The Morgan fingerprint density at radius 3 is 2.11 bits per heavy atom. The van der Waals surface area contributed by atoms with Crippen LogP contribution in [0.25, 0.3) is 0 Å². The Labute approximate surface area is 440 Å². The number of carbonyl (C=O) groups is 11. The molecule has 20 N–H and O–H groups in total. The van der Waals surface area contributed by atoms with Gasteiger partial charge in [-0.2, -0.15) is 0 Å². The maximum Gasteiger partial charge on any atom is 0.245 e. The fourth-order valence-electron chi connectivity index (χ4n) is 7.78. The van der Waals surface area contributed by atoms with Crippen LogP contribution in [0, 0.1) is 11.8 Å². The van der Waals surface area contributed by atoms with Gasteiger partial charge in [0, 0.05) is 39.1 Å². The van der Waals surface area contributed by atoms with Crippen LogP contribution in [0.1, 0.15) is 111 Å². The number of aryl methyl sites for hydroxylation is 1. The summed E-state index contributed by atoms with van der Waals surface area (Å²) in [6.07, 6.45) is 2.21. The molecule has 30 nitrogen and oxygen atoms in total. The normalized spacial score (nSPS) is 20.3. The highest BCUT2D eigenvalue weighted by Crippen LogP contribution is 2.13. The molecule has 0 radical (unpaired) electrons. The maximum absolute atomic E-state index is 14.4. The monoisotopic (exact) mass is 1080 g/mol. The third kappa shape index (κ3) is 23.8. The lowest BCUT2D eigenvalue weighted by molar-refractivity contribution is -0.137. The molecule has 0 unspecified atom stereocenters. The van der Waals surface area contributed by atoms with E-state index in [2.05, 4.69) is 63.2 Å². The van der Waals surface area contributed by atoms with Crippen molar-refractivity contribution in [2.24, 2.45) is 45.5 Å². The van der Waals surface area contributed by atoms with Crippen molar-refractivity contribution in [1.82, 2.24) is 62.8 Å². The number of nitrogens with zero attached hydrogens (tertiary/aromatic N) is 4. The Kier molecular flexibility index (Phi) is 28.4. The lowest BCUT2D eigenvalue weighted by Gasteiger charge is -2.29. The van der Waals surface area contributed by atoms with Crippen LogP contribution in [0.2, 0.25) is 0 Å². The highest BCUT2D eigenvalue weighted by molar-refractivity contribution is 5.98. The number of aromatic nitrogens is 3. The third-order valence-corrected chi connectivity index (χ3v) is 12.1. The van der Waals surface area contributed by atoms with Gasteiger partial charge in [-0.3, -0.25) is 62.4 Å². The number of hydrogen-bond acceptors (Lipinski definition) is 16. The van der Waals surface area contributed by atoms with E-state index in [0.717, 1.165) is 0 Å². The van der Waals surface area contributed by atoms with Gasteiger partial charge in [-0.25, -0.2) is 0 Å². The zero-order chi connectivity index (χ0) is 57.1. The van der Waals surface area contributed by atoms with Crippen molar-refractivity contribution >= 4 is 70.9 Å². The minimum atomic E-state index is -1.69. The average molecular weight is 1080 g/mol. The van der Waals surface area contributed by atoms with E-state index < -0.39 is 139 Å². The number of amides is 11. The first-order valence-corrected chi connectivity index (χ1v) is 25.4. The standard InChI is InChI=1S/C46H80N18O12/c1-6-25(4)37-45(76)57-31(14-15-35(48)67)41(72)59-33(43(74)58-32(19-24(2)3)42(73)56-28(38(49)69)12-9-17-52-46(50)51)20-27-22-64(63-62-27)18-10-13-30(40(71)60-34(23-65)44(75)61-37)55-36(68)21-53-39(70)29(54-26(5)66)11-7-8-16-47/h22,24-25,28-34,37,65H,6-21,23,47H2,1-5H3,(H2,48,67)(H2,49,69)(H,53,70)(H,54,66)(H,55,68)(H,56,73)(H,57,76)(H,58,74)(H,59,72)(H,60,71)(H,61,75)(H4,50,51,52)/t25-,28-,29-,30-,31-,32-,33-,34-,37-/m0/s1. The van der Waals surface area contributed by atoms with E-state index in [0.29, 0.717) is 19.4 Å². The zero-order valence-electron chi connectivity index (χ0n) is 44.0. The molecule has 30 heteroatoms. The molecule has 0 saturated heterocycles. The highest BCUT2D eigenvalue weighted by atomic mass is 16.3. The van der Waals surface area contributed by atoms with Crippen molar-refractivity contribution in [1.29, 1.82) is 0 Å². The van der Waals surface area contributed by atoms with E-state index in [1.807, 2.05) is 0 Å². The number of hydrogen-bond donors (Lipinski definition) is 15. The quantitative estimate of drug-likeness (QED) is 0.0233. The number of fused-ring (bicyclic) bond motifs is 2. The summed E-state index contributed by atoms with van der Waals surface area (Å²) in [5.41, 5.74) is 27.5. The molecular formula is C46H80N18O12. The predicted octanol–water partition coefficient (Wildman–Crippen LogP) is -6.35. The summed E-state index contributed by atoms with van der Waals surface area (Å²) >= 11 is 0. The van der Waals surface area contributed by atoms with E-state index in [1.165, 1.54) is 17.8 Å². The van der Waals surface area contributed by atoms with Crippen molar-refractivity contribution in [3.63, 3.8) is 0 Å². The fourth-order valence-corrected chi connectivity index (χ4v) is 7.78. The molecule has 11 amide bonds. The molecule has 1 aromatic heterocycles. The van der Waals surface area contributed by atoms with Gasteiger partial charge in [0.05, 0.1) is 18.8 Å². The van der Waals surface area contributed by atoms with E-state index in [1.54, 1.807) is 27.7 Å². The minimum Gasteiger partial charge on any atom is -0.394 e. The first-order valence-electron chi connectivity index (χ1n) is 25.4. The van der Waals surface area contributed by atoms with Crippen LogP contribution in [-0.2, 0) is 65.7 Å². The van der Waals surface area contributed by atoms with Gasteiger partial charge in [0.15, 0.2) is 5.96 Å². The topological polar surface area (TPSA) is 489 Å². The van der Waals surface area contributed by atoms with Crippen LogP contribution in [0.15, 0.2) is 11.2 Å². The number of aliphatic hydroxyl groups is 1. The molecule has 0 spiro atoms. The number of nitrogens with two attached hydrogens (primary N) is 5. The van der Waals surface area contributed by atoms with Crippen molar-refractivity contribution in [3.8, 4) is 0 Å². The number of nitrogens with one attached hydrogen (secondary N) is 9. The van der Waals surface area contributed by atoms with E-state index in [-0.39, 0.29) is 88.4 Å². The van der Waals surface area contributed by atoms with E-state index >= 15 is 0 Å². The number of primary amides is 2. The van der Waals surface area contributed by atoms with Gasteiger partial charge in [0.25, 0.3) is 0 Å². The van der Waals surface area contributed by atoms with Gasteiger partial charge in [-0.05, 0) is 76.2 Å². The molecule has 2 heterocycles. The minimum absolute atomic E-state index is 0.0408. The third-order valence-electron chi connectivity index (χ3n) is 12.1. The van der Waals surface area contributed by atoms with Crippen molar-refractivity contribution in [2.75, 3.05) is 26.2 Å². The van der Waals surface area contributed by atoms with Gasteiger partial charge >= 0.3 is 0 Å². The summed E-state index contributed by atoms with van der Waals surface area (Å²) in [6, 6.07) is -11.1. The zero-order valence-corrected chi connectivity index (χ0v) is 44.0. The van der Waals surface area contributed by atoms with Crippen LogP contribution in [-0.4, -0.2) is 166 Å². The molecular weight excluding hydrogens is 997 g/mol. The van der Waals surface area contributed by atoms with Crippen LogP contribution < -0.4 is 76.5 Å². The summed E-state index contributed by atoms with van der Waals surface area (Å²) in [5.74, 6) is -10.3. The Hall–Kier alpha value is -7.50. The second-order valence-corrected chi connectivity index (χ2v) is 19.0. The summed E-state index contributed by atoms with van der Waals surface area (Å²) in [6.45, 7) is 7.04. The first kappa shape index (κ1) is 64.6. The molecule has 2 rings (SSSR count). The van der Waals surface area contributed by atoms with Crippen LogP contribution in [0.5, 0.6) is 0 Å². The SMILES string of the molecule is CC[C@H](C)[C@@H]1NC(=O)[C@H](CO)NC(=O)[C@@H](NC(=O)CNC(=O)[C@H](CCCCN)NC(C)=O)CCCn2cc(nn2)C[C@@H](C(=O)N[C@@H](CC(C)C)C(=O)N[C@@H](CCCN=C(N)N)C(N)=O)NC(=O)[C@H](CCC(N)=O)NC1=O. The lowest BCUT2D eigenvalue weighted by atomic mass is 9.97. The lowest BCUT2D eigenvalue weighted by Crippen LogP contribution is -2.61. The number of aliphatic hydroxyl groups excluding tert-OH is 1. The molecule has 1 aromatic rings. The molecule has 0 aliphatic carbocycles. The number of guanidine groups is 1. The molecule has 1 aliphatic rings. The number of unbranched alkanes of at least 4 members (excludes halogenated alkanes) is 1. The summed E-state index contributed by atoms with van der Waals surface area (Å²) < 4.78 is 1.34. The summed E-state index contributed by atoms with van der Waals surface area (Å²) in [7, 11) is 0. The van der Waals surface area contributed by atoms with Crippen molar-refractivity contribution in [2.45, 2.75) is 167 Å². The maximum atomic E-state index is 14.4. The Bertz CT molecular complexity index is 2190. The van der Waals surface area contributed by atoms with Gasteiger partial charge < -0.3 is 81.6 Å². The Morgan fingerprint density at radius 2 is 1.50 bits per heavy atom. The van der Waals surface area contributed by atoms with Crippen molar-refractivity contribution < 1.29 is 57.8 Å². The molecule has 0 saturated carbocycles. The average Bonchev–Trinajstić information content (AvgIpc) is 3.80.